The second-order valence-corrected chi connectivity index (χ2v) is 8.86. The Balaban J connectivity index is 1.59. The van der Waals surface area contributed by atoms with E-state index in [9.17, 15) is 20.4 Å². The quantitative estimate of drug-likeness (QED) is 0.415. The number of hydrogen-bond acceptors (Lipinski definition) is 8. The zero-order chi connectivity index (χ0) is 22.1. The Morgan fingerprint density at radius 2 is 2.00 bits per heavy atom. The van der Waals surface area contributed by atoms with Gasteiger partial charge in [0.2, 0.25) is 0 Å². The number of rotatable bonds is 6. The maximum Gasteiger partial charge on any atom is 0.145 e. The van der Waals surface area contributed by atoms with Gasteiger partial charge in [-0.2, -0.15) is 0 Å². The highest BCUT2D eigenvalue weighted by Gasteiger charge is 2.46. The molecule has 2 aromatic heterocycles. The highest BCUT2D eigenvalue weighted by Crippen LogP contribution is 2.36. The van der Waals surface area contributed by atoms with Gasteiger partial charge in [0.15, 0.2) is 0 Å². The van der Waals surface area contributed by atoms with Gasteiger partial charge in [-0.05, 0) is 29.3 Å². The third-order valence-corrected chi connectivity index (χ3v) is 6.67. The number of ether oxygens (including phenoxy) is 1. The Morgan fingerprint density at radius 3 is 2.71 bits per heavy atom. The zero-order valence-electron chi connectivity index (χ0n) is 16.3. The summed E-state index contributed by atoms with van der Waals surface area (Å²) in [6.45, 7) is 3.49. The molecule has 9 heteroatoms. The summed E-state index contributed by atoms with van der Waals surface area (Å²) >= 11 is 7.88. The highest BCUT2D eigenvalue weighted by atomic mass is 35.5. The van der Waals surface area contributed by atoms with Crippen molar-refractivity contribution in [3.63, 3.8) is 0 Å². The molecule has 0 spiro atoms. The summed E-state index contributed by atoms with van der Waals surface area (Å²) in [7, 11) is 0. The normalized spacial score (nSPS) is 27.2. The maximum atomic E-state index is 10.5. The lowest BCUT2D eigenvalue weighted by molar-refractivity contribution is -0.240. The van der Waals surface area contributed by atoms with Crippen molar-refractivity contribution in [2.45, 2.75) is 43.0 Å². The predicted octanol–water partition coefficient (Wildman–Crippen LogP) is 2.72. The van der Waals surface area contributed by atoms with Crippen LogP contribution >= 0.6 is 22.9 Å². The van der Waals surface area contributed by atoms with Crippen molar-refractivity contribution in [2.75, 3.05) is 0 Å². The van der Waals surface area contributed by atoms with Crippen LogP contribution in [0.25, 0.3) is 10.6 Å². The van der Waals surface area contributed by atoms with Crippen LogP contribution < -0.4 is 0 Å². The highest BCUT2D eigenvalue weighted by molar-refractivity contribution is 7.15. The lowest BCUT2D eigenvalue weighted by Crippen LogP contribution is -2.57. The Bertz CT molecular complexity index is 1040. The largest absolute Gasteiger partial charge is 0.463 e. The third-order valence-electron chi connectivity index (χ3n) is 5.29. The minimum absolute atomic E-state index is 0.449. The van der Waals surface area contributed by atoms with Gasteiger partial charge in [0, 0.05) is 17.6 Å². The predicted molar refractivity (Wildman–Crippen MR) is 116 cm³/mol. The SMILES string of the molecule is C=CC(O)[C@H]1O[C@@H](c2ccc(Cl)c(Cc3ncc(-c4ccco4)s3)c2)[C@H](O)[C@@H](O)[C@@H]1O. The molecule has 6 atom stereocenters. The van der Waals surface area contributed by atoms with Crippen LogP contribution in [0, 0.1) is 0 Å². The Morgan fingerprint density at radius 1 is 1.19 bits per heavy atom. The first-order valence-corrected chi connectivity index (χ1v) is 10.9. The minimum atomic E-state index is -1.49. The van der Waals surface area contributed by atoms with Crippen LogP contribution in [0.4, 0.5) is 0 Å². The molecule has 0 radical (unpaired) electrons. The van der Waals surface area contributed by atoms with E-state index < -0.39 is 36.6 Å². The van der Waals surface area contributed by atoms with Crippen LogP contribution in [-0.4, -0.2) is 55.9 Å². The lowest BCUT2D eigenvalue weighted by Gasteiger charge is -2.42. The average molecular weight is 464 g/mol. The number of aliphatic hydroxyl groups is 4. The molecule has 0 amide bonds. The first kappa shape index (κ1) is 22.2. The monoisotopic (exact) mass is 463 g/mol. The molecule has 0 saturated carbocycles. The number of furan rings is 1. The number of hydrogen-bond donors (Lipinski definition) is 4. The third kappa shape index (κ3) is 4.47. The van der Waals surface area contributed by atoms with E-state index in [0.29, 0.717) is 17.0 Å². The van der Waals surface area contributed by atoms with Gasteiger partial charge < -0.3 is 29.6 Å². The summed E-state index contributed by atoms with van der Waals surface area (Å²) < 4.78 is 11.2. The lowest BCUT2D eigenvalue weighted by atomic mass is 9.88. The molecule has 1 aromatic carbocycles. The fraction of sp³-hybridized carbons (Fsp3) is 0.318. The van der Waals surface area contributed by atoms with Crippen LogP contribution in [0.15, 0.2) is 59.9 Å². The number of nitrogens with zero attached hydrogens (tertiary/aromatic N) is 1. The molecule has 0 aliphatic carbocycles. The molecule has 0 bridgehead atoms. The van der Waals surface area contributed by atoms with Crippen LogP contribution in [0.2, 0.25) is 5.02 Å². The molecule has 1 fully saturated rings. The average Bonchev–Trinajstić information content (AvgIpc) is 3.45. The summed E-state index contributed by atoms with van der Waals surface area (Å²) in [5, 5.41) is 42.4. The molecule has 4 N–H and O–H groups in total. The van der Waals surface area contributed by atoms with Crippen molar-refractivity contribution >= 4 is 22.9 Å². The molecule has 7 nitrogen and oxygen atoms in total. The van der Waals surface area contributed by atoms with E-state index in [1.807, 2.05) is 12.1 Å². The number of halogens is 1. The first-order valence-electron chi connectivity index (χ1n) is 9.66. The number of thiazole rings is 1. The second-order valence-electron chi connectivity index (χ2n) is 7.34. The molecule has 1 saturated heterocycles. The van der Waals surface area contributed by atoms with E-state index in [1.165, 1.54) is 17.4 Å². The fourth-order valence-corrected chi connectivity index (χ4v) is 4.69. The van der Waals surface area contributed by atoms with E-state index in [-0.39, 0.29) is 0 Å². The van der Waals surface area contributed by atoms with Gasteiger partial charge in [-0.15, -0.1) is 17.9 Å². The molecule has 1 aliphatic heterocycles. The Hall–Kier alpha value is -2.04. The van der Waals surface area contributed by atoms with Crippen LogP contribution in [0.1, 0.15) is 22.2 Å². The van der Waals surface area contributed by atoms with Crippen LogP contribution in [-0.2, 0) is 11.2 Å². The van der Waals surface area contributed by atoms with Gasteiger partial charge >= 0.3 is 0 Å². The molecule has 3 aromatic rings. The minimum Gasteiger partial charge on any atom is -0.463 e. The molecule has 31 heavy (non-hydrogen) atoms. The number of aliphatic hydroxyl groups excluding tert-OH is 4. The van der Waals surface area contributed by atoms with Crippen LogP contribution in [0.5, 0.6) is 0 Å². The van der Waals surface area contributed by atoms with E-state index >= 15 is 0 Å². The number of benzene rings is 1. The molecule has 4 rings (SSSR count). The zero-order valence-corrected chi connectivity index (χ0v) is 17.9. The van der Waals surface area contributed by atoms with Crippen molar-refractivity contribution in [1.82, 2.24) is 4.98 Å². The summed E-state index contributed by atoms with van der Waals surface area (Å²) in [4.78, 5) is 5.34. The van der Waals surface area contributed by atoms with Crippen molar-refractivity contribution in [3.05, 3.63) is 76.6 Å². The standard InChI is InChI=1S/C22H22ClNO6S/c1-2-14(25)22-20(28)18(26)19(27)21(30-22)11-5-6-13(23)12(8-11)9-17-24-10-16(31-17)15-4-3-7-29-15/h2-8,10,14,18-22,25-28H,1,9H2/t14?,18-,19-,20+,21+,22-/m1/s1. The molecule has 1 unspecified atom stereocenters. The van der Waals surface area contributed by atoms with Gasteiger partial charge in [-0.3, -0.25) is 0 Å². The molecular formula is C22H22ClNO6S. The Kier molecular flexibility index (Phi) is 6.59. The topological polar surface area (TPSA) is 116 Å². The first-order chi connectivity index (χ1) is 14.9. The van der Waals surface area contributed by atoms with Crippen molar-refractivity contribution in [1.29, 1.82) is 0 Å². The van der Waals surface area contributed by atoms with Crippen molar-refractivity contribution in [2.24, 2.45) is 0 Å². The fourth-order valence-electron chi connectivity index (χ4n) is 3.59. The van der Waals surface area contributed by atoms with E-state index in [1.54, 1.807) is 30.7 Å². The second kappa shape index (κ2) is 9.22. The van der Waals surface area contributed by atoms with Gasteiger partial charge in [0.1, 0.15) is 42.4 Å². The molecule has 3 heterocycles. The summed E-state index contributed by atoms with van der Waals surface area (Å²) in [5.41, 5.74) is 1.32. The molecule has 164 valence electrons. The summed E-state index contributed by atoms with van der Waals surface area (Å²) in [6.07, 6.45) is -2.64. The summed E-state index contributed by atoms with van der Waals surface area (Å²) in [5.74, 6) is 0.738. The summed E-state index contributed by atoms with van der Waals surface area (Å²) in [6, 6.07) is 8.80. The van der Waals surface area contributed by atoms with Crippen molar-refractivity contribution in [3.8, 4) is 10.6 Å². The van der Waals surface area contributed by atoms with Crippen LogP contribution in [0.3, 0.4) is 0 Å². The van der Waals surface area contributed by atoms with Gasteiger partial charge in [0.25, 0.3) is 0 Å². The van der Waals surface area contributed by atoms with Crippen molar-refractivity contribution < 1.29 is 29.6 Å². The van der Waals surface area contributed by atoms with E-state index in [2.05, 4.69) is 11.6 Å². The van der Waals surface area contributed by atoms with E-state index in [0.717, 1.165) is 21.2 Å². The maximum absolute atomic E-state index is 10.5. The van der Waals surface area contributed by atoms with Gasteiger partial charge in [-0.1, -0.05) is 29.8 Å². The van der Waals surface area contributed by atoms with Gasteiger partial charge in [-0.25, -0.2) is 4.98 Å². The molecular weight excluding hydrogens is 442 g/mol. The number of aromatic nitrogens is 1. The Labute approximate surface area is 187 Å². The smallest absolute Gasteiger partial charge is 0.145 e. The van der Waals surface area contributed by atoms with Gasteiger partial charge in [0.05, 0.1) is 16.1 Å². The van der Waals surface area contributed by atoms with E-state index in [4.69, 9.17) is 20.8 Å². The molecule has 1 aliphatic rings.